The third-order valence-electron chi connectivity index (χ3n) is 3.51. The Hall–Kier alpha value is -2.80. The van der Waals surface area contributed by atoms with Gasteiger partial charge in [0.25, 0.3) is 0 Å². The molecular weight excluding hydrogens is 338 g/mol. The number of hydrogen-bond donors (Lipinski definition) is 3. The lowest BCUT2D eigenvalue weighted by atomic mass is 10.1. The molecule has 0 spiro atoms. The van der Waals surface area contributed by atoms with E-state index in [9.17, 15) is 5.11 Å². The lowest BCUT2D eigenvalue weighted by molar-refractivity contribution is 0.340. The van der Waals surface area contributed by atoms with E-state index in [0.29, 0.717) is 22.2 Å². The van der Waals surface area contributed by atoms with E-state index < -0.39 is 0 Å². The highest BCUT2D eigenvalue weighted by Gasteiger charge is 2.10. The van der Waals surface area contributed by atoms with Crippen molar-refractivity contribution in [3.8, 4) is 17.2 Å². The van der Waals surface area contributed by atoms with Gasteiger partial charge in [0, 0.05) is 11.3 Å². The number of hydrogen-bond acceptors (Lipinski definition) is 5. The average Bonchev–Trinajstić information content (AvgIpc) is 2.58. The van der Waals surface area contributed by atoms with Gasteiger partial charge in [0.2, 0.25) is 5.75 Å². The van der Waals surface area contributed by atoms with E-state index in [1.54, 1.807) is 18.3 Å². The number of benzene rings is 2. The van der Waals surface area contributed by atoms with Gasteiger partial charge in [0.15, 0.2) is 16.6 Å². The third-order valence-corrected chi connectivity index (χ3v) is 3.71. The largest absolute Gasteiger partial charge is 0.502 e. The highest BCUT2D eigenvalue weighted by Crippen LogP contribution is 2.36. The van der Waals surface area contributed by atoms with E-state index >= 15 is 0 Å². The van der Waals surface area contributed by atoms with Crippen molar-refractivity contribution in [2.24, 2.45) is 5.10 Å². The second-order valence-corrected chi connectivity index (χ2v) is 5.82. The maximum Gasteiger partial charge on any atom is 0.200 e. The van der Waals surface area contributed by atoms with E-state index in [-0.39, 0.29) is 5.75 Å². The summed E-state index contributed by atoms with van der Waals surface area (Å²) in [7, 11) is 2.94. The predicted molar refractivity (Wildman–Crippen MR) is 104 cm³/mol. The van der Waals surface area contributed by atoms with Gasteiger partial charge in [-0.2, -0.15) is 5.10 Å². The molecule has 3 N–H and O–H groups in total. The van der Waals surface area contributed by atoms with Crippen LogP contribution in [0.15, 0.2) is 35.4 Å². The lowest BCUT2D eigenvalue weighted by Crippen LogP contribution is -2.24. The van der Waals surface area contributed by atoms with Crippen molar-refractivity contribution >= 4 is 29.2 Å². The van der Waals surface area contributed by atoms with Crippen molar-refractivity contribution in [2.75, 3.05) is 19.5 Å². The Bertz CT molecular complexity index is 781. The molecule has 2 rings (SSSR count). The monoisotopic (exact) mass is 359 g/mol. The zero-order valence-electron chi connectivity index (χ0n) is 14.6. The number of anilines is 1. The van der Waals surface area contributed by atoms with Crippen molar-refractivity contribution in [3.05, 3.63) is 47.0 Å². The molecule has 0 radical (unpaired) electrons. The molecule has 0 aliphatic heterocycles. The molecule has 0 aromatic heterocycles. The van der Waals surface area contributed by atoms with Gasteiger partial charge >= 0.3 is 0 Å². The number of nitrogens with zero attached hydrogens (tertiary/aromatic N) is 1. The second-order valence-electron chi connectivity index (χ2n) is 5.42. The Morgan fingerprint density at radius 2 is 1.76 bits per heavy atom. The minimum Gasteiger partial charge on any atom is -0.502 e. The van der Waals surface area contributed by atoms with E-state index in [2.05, 4.69) is 21.9 Å². The van der Waals surface area contributed by atoms with E-state index in [1.165, 1.54) is 19.8 Å². The zero-order valence-corrected chi connectivity index (χ0v) is 15.4. The smallest absolute Gasteiger partial charge is 0.200 e. The normalized spacial score (nSPS) is 10.6. The number of aromatic hydroxyl groups is 1. The fraction of sp³-hybridized carbons (Fsp3) is 0.222. The summed E-state index contributed by atoms with van der Waals surface area (Å²) >= 11 is 5.24. The van der Waals surface area contributed by atoms with Crippen molar-refractivity contribution in [1.82, 2.24) is 5.43 Å². The molecular formula is C18H21N3O3S. The highest BCUT2D eigenvalue weighted by molar-refractivity contribution is 7.80. The van der Waals surface area contributed by atoms with Crippen molar-refractivity contribution in [3.63, 3.8) is 0 Å². The summed E-state index contributed by atoms with van der Waals surface area (Å²) in [6.45, 7) is 4.05. The van der Waals surface area contributed by atoms with Crippen LogP contribution in [-0.4, -0.2) is 30.7 Å². The molecule has 0 aliphatic carbocycles. The fourth-order valence-corrected chi connectivity index (χ4v) is 2.42. The molecule has 2 aromatic carbocycles. The standard InChI is InChI=1S/C18H21N3O3S/c1-11-5-6-14(12(2)7-11)20-18(25)21-19-10-13-8-15(23-3)17(22)16(9-13)24-4/h5-10,22H,1-4H3,(H2,20,21,25). The Labute approximate surface area is 152 Å². The Kier molecular flexibility index (Phi) is 6.19. The maximum absolute atomic E-state index is 9.90. The van der Waals surface area contributed by atoms with Crippen LogP contribution in [-0.2, 0) is 0 Å². The van der Waals surface area contributed by atoms with E-state index in [0.717, 1.165) is 11.3 Å². The molecule has 0 fully saturated rings. The van der Waals surface area contributed by atoms with Gasteiger partial charge in [-0.3, -0.25) is 5.43 Å². The number of phenolic OH excluding ortho intramolecular Hbond substituents is 1. The minimum absolute atomic E-state index is 0.0536. The van der Waals surface area contributed by atoms with Gasteiger partial charge < -0.3 is 19.9 Å². The molecule has 0 amide bonds. The van der Waals surface area contributed by atoms with Crippen LogP contribution >= 0.6 is 12.2 Å². The summed E-state index contributed by atoms with van der Waals surface area (Å²) in [4.78, 5) is 0. The molecule has 132 valence electrons. The van der Waals surface area contributed by atoms with Crippen LogP contribution in [0.5, 0.6) is 17.2 Å². The first kappa shape index (κ1) is 18.5. The molecule has 0 atom stereocenters. The second kappa shape index (κ2) is 8.34. The SMILES string of the molecule is COc1cc(C=NNC(=S)Nc2ccc(C)cc2C)cc(OC)c1O. The number of thiocarbonyl (C=S) groups is 1. The number of hydrazone groups is 1. The summed E-state index contributed by atoms with van der Waals surface area (Å²) in [6, 6.07) is 9.34. The maximum atomic E-state index is 9.90. The zero-order chi connectivity index (χ0) is 18.4. The van der Waals surface area contributed by atoms with E-state index in [1.807, 2.05) is 26.0 Å². The topological polar surface area (TPSA) is 75.1 Å². The van der Waals surface area contributed by atoms with Crippen LogP contribution in [0.3, 0.4) is 0 Å². The molecule has 0 aliphatic rings. The molecule has 0 bridgehead atoms. The molecule has 2 aromatic rings. The molecule has 7 heteroatoms. The lowest BCUT2D eigenvalue weighted by Gasteiger charge is -2.11. The number of aryl methyl sites for hydroxylation is 2. The number of rotatable bonds is 5. The highest BCUT2D eigenvalue weighted by atomic mass is 32.1. The molecule has 6 nitrogen and oxygen atoms in total. The summed E-state index contributed by atoms with van der Waals surface area (Å²) in [5, 5.41) is 17.5. The molecule has 0 saturated carbocycles. The Balaban J connectivity index is 2.04. The number of methoxy groups -OCH3 is 2. The Morgan fingerprint density at radius 3 is 2.32 bits per heavy atom. The fourth-order valence-electron chi connectivity index (χ4n) is 2.26. The first-order valence-electron chi connectivity index (χ1n) is 7.57. The van der Waals surface area contributed by atoms with Crippen LogP contribution in [0.2, 0.25) is 0 Å². The third kappa shape index (κ3) is 4.84. The van der Waals surface area contributed by atoms with Crippen molar-refractivity contribution in [1.29, 1.82) is 0 Å². The van der Waals surface area contributed by atoms with Gasteiger partial charge in [0.1, 0.15) is 0 Å². The number of ether oxygens (including phenoxy) is 2. The quantitative estimate of drug-likeness (QED) is 0.432. The Morgan fingerprint density at radius 1 is 1.12 bits per heavy atom. The van der Waals surface area contributed by atoms with Gasteiger partial charge in [0.05, 0.1) is 20.4 Å². The predicted octanol–water partition coefficient (Wildman–Crippen LogP) is 3.35. The molecule has 0 heterocycles. The van der Waals surface area contributed by atoms with E-state index in [4.69, 9.17) is 21.7 Å². The number of nitrogens with one attached hydrogen (secondary N) is 2. The van der Waals surface area contributed by atoms with Crippen LogP contribution < -0.4 is 20.2 Å². The van der Waals surface area contributed by atoms with Crippen LogP contribution in [0.4, 0.5) is 5.69 Å². The van der Waals surface area contributed by atoms with Crippen LogP contribution in [0, 0.1) is 13.8 Å². The minimum atomic E-state index is -0.0536. The number of phenols is 1. The van der Waals surface area contributed by atoms with Gasteiger partial charge in [-0.05, 0) is 49.8 Å². The first-order chi connectivity index (χ1) is 11.9. The van der Waals surface area contributed by atoms with Crippen molar-refractivity contribution in [2.45, 2.75) is 13.8 Å². The van der Waals surface area contributed by atoms with Gasteiger partial charge in [-0.15, -0.1) is 0 Å². The van der Waals surface area contributed by atoms with Crippen molar-refractivity contribution < 1.29 is 14.6 Å². The molecule has 25 heavy (non-hydrogen) atoms. The van der Waals surface area contributed by atoms with Gasteiger partial charge in [-0.25, -0.2) is 0 Å². The van der Waals surface area contributed by atoms with Crippen LogP contribution in [0.1, 0.15) is 16.7 Å². The molecule has 0 unspecified atom stereocenters. The first-order valence-corrected chi connectivity index (χ1v) is 7.97. The average molecular weight is 359 g/mol. The molecule has 0 saturated heterocycles. The van der Waals surface area contributed by atoms with Gasteiger partial charge in [-0.1, -0.05) is 17.7 Å². The summed E-state index contributed by atoms with van der Waals surface area (Å²) in [5.41, 5.74) is 6.66. The summed E-state index contributed by atoms with van der Waals surface area (Å²) in [5.74, 6) is 0.552. The van der Waals surface area contributed by atoms with Crippen LogP contribution in [0.25, 0.3) is 0 Å². The summed E-state index contributed by atoms with van der Waals surface area (Å²) < 4.78 is 10.2. The summed E-state index contributed by atoms with van der Waals surface area (Å²) in [6.07, 6.45) is 1.56.